The molecule has 0 fully saturated rings. The molecule has 0 unspecified atom stereocenters. The number of aromatic nitrogens is 1. The van der Waals surface area contributed by atoms with Gasteiger partial charge in [0, 0.05) is 42.6 Å². The highest BCUT2D eigenvalue weighted by atomic mass is 79.9. The number of hydrogen-bond acceptors (Lipinski definition) is 6. The fraction of sp³-hybridized carbons (Fsp3) is 0.250. The molecule has 0 N–H and O–H groups in total. The fourth-order valence-electron chi connectivity index (χ4n) is 4.18. The van der Waals surface area contributed by atoms with Crippen molar-refractivity contribution in [1.82, 2.24) is 4.57 Å². The highest BCUT2D eigenvalue weighted by molar-refractivity contribution is 9.10. The number of fused-ring (bicyclic) bond motifs is 2. The van der Waals surface area contributed by atoms with E-state index in [9.17, 15) is 19.2 Å². The number of aryl methyl sites for hydroxylation is 1. The van der Waals surface area contributed by atoms with Crippen LogP contribution in [0.2, 0.25) is 0 Å². The lowest BCUT2D eigenvalue weighted by atomic mass is 9.95. The number of esters is 2. The molecule has 0 radical (unpaired) electrons. The van der Waals surface area contributed by atoms with Crippen LogP contribution in [0.5, 0.6) is 5.75 Å². The molecule has 32 heavy (non-hydrogen) atoms. The Bertz CT molecular complexity index is 1270. The highest BCUT2D eigenvalue weighted by Gasteiger charge is 2.40. The molecule has 0 saturated heterocycles. The second kappa shape index (κ2) is 8.35. The molecule has 2 aromatic carbocycles. The summed E-state index contributed by atoms with van der Waals surface area (Å²) in [6, 6.07) is 10.1. The molecule has 164 valence electrons. The summed E-state index contributed by atoms with van der Waals surface area (Å²) in [7, 11) is 1.76. The number of benzene rings is 2. The maximum absolute atomic E-state index is 13.0. The highest BCUT2D eigenvalue weighted by Crippen LogP contribution is 2.37. The third-order valence-electron chi connectivity index (χ3n) is 5.60. The Kier molecular flexibility index (Phi) is 5.73. The van der Waals surface area contributed by atoms with Crippen molar-refractivity contribution in [1.29, 1.82) is 0 Å². The first-order valence-electron chi connectivity index (χ1n) is 10.1. The van der Waals surface area contributed by atoms with Crippen LogP contribution in [0, 0.1) is 5.92 Å². The number of carbonyl (C=O) groups is 4. The van der Waals surface area contributed by atoms with E-state index in [1.54, 1.807) is 54.9 Å². The largest absolute Gasteiger partial charge is 0.462 e. The van der Waals surface area contributed by atoms with Gasteiger partial charge in [-0.1, -0.05) is 24.3 Å². The van der Waals surface area contributed by atoms with E-state index in [1.807, 2.05) is 0 Å². The zero-order valence-electron chi connectivity index (χ0n) is 17.7. The lowest BCUT2D eigenvalue weighted by Gasteiger charge is -2.11. The molecule has 0 spiro atoms. The van der Waals surface area contributed by atoms with Crippen LogP contribution in [0.15, 0.2) is 40.9 Å². The van der Waals surface area contributed by atoms with Crippen molar-refractivity contribution < 1.29 is 28.7 Å². The van der Waals surface area contributed by atoms with Gasteiger partial charge < -0.3 is 14.0 Å². The van der Waals surface area contributed by atoms with Gasteiger partial charge in [0.1, 0.15) is 5.75 Å². The summed E-state index contributed by atoms with van der Waals surface area (Å²) in [5, 5.41) is 0.510. The van der Waals surface area contributed by atoms with Crippen LogP contribution in [0.3, 0.4) is 0 Å². The first kappa shape index (κ1) is 22.0. The summed E-state index contributed by atoms with van der Waals surface area (Å²) in [6.45, 7) is 3.15. The number of rotatable bonds is 5. The molecule has 1 aromatic heterocycles. The summed E-state index contributed by atoms with van der Waals surface area (Å²) in [4.78, 5) is 50.4. The maximum atomic E-state index is 13.0. The number of Topliss-reactive ketones (excluding diaryl/α,β-unsaturated/α-hetero) is 2. The third kappa shape index (κ3) is 3.54. The van der Waals surface area contributed by atoms with E-state index in [1.165, 1.54) is 6.92 Å². The lowest BCUT2D eigenvalue weighted by molar-refractivity contribution is -0.131. The predicted molar refractivity (Wildman–Crippen MR) is 120 cm³/mol. The minimum Gasteiger partial charge on any atom is -0.462 e. The van der Waals surface area contributed by atoms with Crippen LogP contribution < -0.4 is 4.74 Å². The molecule has 0 bridgehead atoms. The first-order valence-corrected chi connectivity index (χ1v) is 10.9. The number of hydrogen-bond donors (Lipinski definition) is 0. The Balaban J connectivity index is 1.87. The average molecular weight is 498 g/mol. The van der Waals surface area contributed by atoms with Gasteiger partial charge in [-0.15, -0.1) is 0 Å². The van der Waals surface area contributed by atoms with Crippen LogP contribution in [0.25, 0.3) is 10.9 Å². The van der Waals surface area contributed by atoms with Crippen LogP contribution in [-0.2, 0) is 23.0 Å². The predicted octanol–water partition coefficient (Wildman–Crippen LogP) is 4.28. The number of carbonyl (C=O) groups excluding carboxylic acids is 4. The van der Waals surface area contributed by atoms with E-state index in [-0.39, 0.29) is 35.9 Å². The van der Waals surface area contributed by atoms with E-state index < -0.39 is 17.9 Å². The number of ether oxygens (including phenoxy) is 2. The Morgan fingerprint density at radius 2 is 1.72 bits per heavy atom. The van der Waals surface area contributed by atoms with Crippen molar-refractivity contribution in [2.75, 3.05) is 6.61 Å². The second-order valence-electron chi connectivity index (χ2n) is 7.53. The van der Waals surface area contributed by atoms with Crippen molar-refractivity contribution in [2.45, 2.75) is 20.3 Å². The molecule has 3 aromatic rings. The molecular formula is C24H20BrNO6. The Morgan fingerprint density at radius 1 is 1.09 bits per heavy atom. The molecule has 1 aliphatic carbocycles. The summed E-state index contributed by atoms with van der Waals surface area (Å²) in [5.74, 6) is -2.24. The lowest BCUT2D eigenvalue weighted by Crippen LogP contribution is -2.21. The van der Waals surface area contributed by atoms with Gasteiger partial charge in [-0.05, 0) is 35.0 Å². The molecular weight excluding hydrogens is 478 g/mol. The van der Waals surface area contributed by atoms with Crippen molar-refractivity contribution in [3.05, 3.63) is 63.3 Å². The van der Waals surface area contributed by atoms with Gasteiger partial charge >= 0.3 is 11.9 Å². The summed E-state index contributed by atoms with van der Waals surface area (Å²) in [5.41, 5.74) is 2.23. The third-order valence-corrected chi connectivity index (χ3v) is 6.22. The van der Waals surface area contributed by atoms with Crippen LogP contribution in [0.4, 0.5) is 0 Å². The summed E-state index contributed by atoms with van der Waals surface area (Å²) < 4.78 is 12.8. The average Bonchev–Trinajstić information content (AvgIpc) is 3.15. The number of nitrogens with zero attached hydrogens (tertiary/aromatic N) is 1. The minimum atomic E-state index is -0.917. The first-order chi connectivity index (χ1) is 15.2. The summed E-state index contributed by atoms with van der Waals surface area (Å²) in [6.07, 6.45) is 0.0478. The van der Waals surface area contributed by atoms with Gasteiger partial charge in [-0.3, -0.25) is 14.4 Å². The van der Waals surface area contributed by atoms with Crippen molar-refractivity contribution in [2.24, 2.45) is 13.0 Å². The zero-order valence-corrected chi connectivity index (χ0v) is 19.3. The monoisotopic (exact) mass is 497 g/mol. The quantitative estimate of drug-likeness (QED) is 0.296. The fourth-order valence-corrected chi connectivity index (χ4v) is 4.59. The van der Waals surface area contributed by atoms with Gasteiger partial charge in [0.05, 0.1) is 28.1 Å². The molecule has 0 saturated carbocycles. The van der Waals surface area contributed by atoms with Crippen LogP contribution in [0.1, 0.15) is 50.6 Å². The van der Waals surface area contributed by atoms with Crippen molar-refractivity contribution in [3.8, 4) is 5.75 Å². The van der Waals surface area contributed by atoms with Gasteiger partial charge in [0.25, 0.3) is 0 Å². The molecule has 1 aliphatic rings. The second-order valence-corrected chi connectivity index (χ2v) is 8.38. The smallest absolute Gasteiger partial charge is 0.340 e. The van der Waals surface area contributed by atoms with E-state index in [0.29, 0.717) is 32.2 Å². The molecule has 7 nitrogen and oxygen atoms in total. The molecule has 0 amide bonds. The summed E-state index contributed by atoms with van der Waals surface area (Å²) >= 11 is 3.39. The SMILES string of the molecule is CCOC(=O)c1c(CC2C(=O)c3ccccc3C2=O)n(C)c2cc(Br)c(OC(C)=O)cc12. The van der Waals surface area contributed by atoms with Crippen molar-refractivity contribution >= 4 is 50.3 Å². The van der Waals surface area contributed by atoms with E-state index in [4.69, 9.17) is 9.47 Å². The van der Waals surface area contributed by atoms with Gasteiger partial charge in [0.15, 0.2) is 11.6 Å². The van der Waals surface area contributed by atoms with E-state index in [0.717, 1.165) is 0 Å². The minimum absolute atomic E-state index is 0.0478. The number of ketones is 2. The Labute approximate surface area is 192 Å². The van der Waals surface area contributed by atoms with Gasteiger partial charge in [-0.25, -0.2) is 4.79 Å². The van der Waals surface area contributed by atoms with Crippen LogP contribution >= 0.6 is 15.9 Å². The molecule has 0 atom stereocenters. The Morgan fingerprint density at radius 3 is 2.28 bits per heavy atom. The normalized spacial score (nSPS) is 13.5. The topological polar surface area (TPSA) is 91.7 Å². The van der Waals surface area contributed by atoms with Crippen molar-refractivity contribution in [3.63, 3.8) is 0 Å². The maximum Gasteiger partial charge on any atom is 0.340 e. The molecule has 4 rings (SSSR count). The van der Waals surface area contributed by atoms with E-state index in [2.05, 4.69) is 15.9 Å². The molecule has 8 heteroatoms. The zero-order chi connectivity index (χ0) is 23.2. The number of halogens is 1. The molecule has 0 aliphatic heterocycles. The van der Waals surface area contributed by atoms with Gasteiger partial charge in [-0.2, -0.15) is 0 Å². The standard InChI is InChI=1S/C24H20BrNO6/c1-4-31-24(30)21-15-10-20(32-12(2)27)17(25)11-18(15)26(3)19(21)9-16-22(28)13-7-5-6-8-14(13)23(16)29/h5-8,10-11,16H,4,9H2,1-3H3. The van der Waals surface area contributed by atoms with Gasteiger partial charge in [0.2, 0.25) is 0 Å². The van der Waals surface area contributed by atoms with Crippen LogP contribution in [-0.4, -0.2) is 34.7 Å². The Hall–Kier alpha value is -3.26. The van der Waals surface area contributed by atoms with E-state index >= 15 is 0 Å². The molecule has 1 heterocycles.